The zero-order valence-corrected chi connectivity index (χ0v) is 8.76. The van der Waals surface area contributed by atoms with Crippen LogP contribution in [0.5, 0.6) is 0 Å². The molecule has 0 saturated heterocycles. The Kier molecular flexibility index (Phi) is 4.01. The normalized spacial score (nSPS) is 12.9. The van der Waals surface area contributed by atoms with Gasteiger partial charge in [0.05, 0.1) is 0 Å². The highest BCUT2D eigenvalue weighted by atomic mass is 19.1. The summed E-state index contributed by atoms with van der Waals surface area (Å²) in [6, 6.07) is 1.77. The van der Waals surface area contributed by atoms with E-state index in [0.717, 1.165) is 24.8 Å². The maximum atomic E-state index is 12.9. The minimum Gasteiger partial charge on any atom is -0.324 e. The van der Waals surface area contributed by atoms with Crippen LogP contribution in [0.4, 0.5) is 4.39 Å². The molecule has 0 amide bonds. The van der Waals surface area contributed by atoms with Gasteiger partial charge in [0.1, 0.15) is 0 Å². The molecule has 0 spiro atoms. The summed E-state index contributed by atoms with van der Waals surface area (Å²) in [4.78, 5) is 3.66. The molecule has 1 atom stereocenters. The van der Waals surface area contributed by atoms with Crippen molar-refractivity contribution in [3.63, 3.8) is 0 Å². The van der Waals surface area contributed by atoms with E-state index in [-0.39, 0.29) is 6.04 Å². The van der Waals surface area contributed by atoms with Gasteiger partial charge in [-0.25, -0.2) is 4.98 Å². The highest BCUT2D eigenvalue weighted by Gasteiger charge is 2.07. The van der Waals surface area contributed by atoms with Crippen LogP contribution >= 0.6 is 0 Å². The van der Waals surface area contributed by atoms with Crippen molar-refractivity contribution in [2.45, 2.75) is 39.2 Å². The number of halogens is 1. The highest BCUT2D eigenvalue weighted by molar-refractivity contribution is 5.20. The molecule has 1 aromatic rings. The average molecular weight is 196 g/mol. The molecule has 1 aromatic heterocycles. The lowest BCUT2D eigenvalue weighted by atomic mass is 10.0. The molecule has 0 aliphatic heterocycles. The van der Waals surface area contributed by atoms with Gasteiger partial charge < -0.3 is 5.73 Å². The molecule has 0 fully saturated rings. The molecule has 1 unspecified atom stereocenters. The zero-order valence-electron chi connectivity index (χ0n) is 8.76. The van der Waals surface area contributed by atoms with E-state index < -0.39 is 5.95 Å². The Morgan fingerprint density at radius 2 is 2.29 bits per heavy atom. The Hall–Kier alpha value is -0.960. The lowest BCUT2D eigenvalue weighted by Crippen LogP contribution is -2.11. The highest BCUT2D eigenvalue weighted by Crippen LogP contribution is 2.17. The van der Waals surface area contributed by atoms with E-state index >= 15 is 0 Å². The van der Waals surface area contributed by atoms with Gasteiger partial charge in [-0.2, -0.15) is 4.39 Å². The number of aryl methyl sites for hydroxylation is 1. The number of nitrogens with zero attached hydrogens (tertiary/aromatic N) is 1. The third-order valence-electron chi connectivity index (χ3n) is 2.33. The van der Waals surface area contributed by atoms with E-state index in [9.17, 15) is 4.39 Å². The molecular weight excluding hydrogens is 179 g/mol. The third-order valence-corrected chi connectivity index (χ3v) is 2.33. The number of nitrogens with two attached hydrogens (primary N) is 1. The standard InChI is InChI=1S/C11H17FN2/c1-3-4-5-10(13)9-6-8(2)11(12)14-7-9/h6-7,10H,3-5,13H2,1-2H3. The first-order valence-electron chi connectivity index (χ1n) is 5.02. The molecule has 0 aliphatic carbocycles. The van der Waals surface area contributed by atoms with Crippen molar-refractivity contribution >= 4 is 0 Å². The predicted molar refractivity (Wildman–Crippen MR) is 55.4 cm³/mol. The molecule has 14 heavy (non-hydrogen) atoms. The van der Waals surface area contributed by atoms with Gasteiger partial charge >= 0.3 is 0 Å². The first-order valence-corrected chi connectivity index (χ1v) is 5.02. The van der Waals surface area contributed by atoms with Crippen molar-refractivity contribution in [2.75, 3.05) is 0 Å². The SMILES string of the molecule is CCCCC(N)c1cnc(F)c(C)c1. The smallest absolute Gasteiger partial charge is 0.215 e. The molecule has 0 bridgehead atoms. The van der Waals surface area contributed by atoms with Gasteiger partial charge in [-0.15, -0.1) is 0 Å². The van der Waals surface area contributed by atoms with Gasteiger partial charge in [0.15, 0.2) is 0 Å². The number of aromatic nitrogens is 1. The summed E-state index contributed by atoms with van der Waals surface area (Å²) in [5.41, 5.74) is 7.43. The van der Waals surface area contributed by atoms with E-state index in [2.05, 4.69) is 11.9 Å². The van der Waals surface area contributed by atoms with Crippen molar-refractivity contribution in [2.24, 2.45) is 5.73 Å². The van der Waals surface area contributed by atoms with Crippen LogP contribution in [0.1, 0.15) is 43.4 Å². The molecular formula is C11H17FN2. The number of hydrogen-bond acceptors (Lipinski definition) is 2. The van der Waals surface area contributed by atoms with Crippen LogP contribution < -0.4 is 5.73 Å². The van der Waals surface area contributed by atoms with Gasteiger partial charge in [-0.05, 0) is 25.0 Å². The number of pyridine rings is 1. The largest absolute Gasteiger partial charge is 0.324 e. The summed E-state index contributed by atoms with van der Waals surface area (Å²) in [5, 5.41) is 0. The molecule has 2 N–H and O–H groups in total. The van der Waals surface area contributed by atoms with Crippen molar-refractivity contribution < 1.29 is 4.39 Å². The molecule has 1 rings (SSSR count). The molecule has 78 valence electrons. The maximum Gasteiger partial charge on any atom is 0.215 e. The molecule has 0 radical (unpaired) electrons. The summed E-state index contributed by atoms with van der Waals surface area (Å²) in [5.74, 6) is -0.406. The third kappa shape index (κ3) is 2.77. The van der Waals surface area contributed by atoms with E-state index in [1.54, 1.807) is 13.0 Å². The van der Waals surface area contributed by atoms with Crippen molar-refractivity contribution in [3.05, 3.63) is 29.3 Å². The van der Waals surface area contributed by atoms with E-state index in [1.807, 2.05) is 0 Å². The van der Waals surface area contributed by atoms with Crippen molar-refractivity contribution in [3.8, 4) is 0 Å². The Bertz CT molecular complexity index is 299. The summed E-state index contributed by atoms with van der Waals surface area (Å²) in [6.45, 7) is 3.83. The summed E-state index contributed by atoms with van der Waals surface area (Å²) >= 11 is 0. The fourth-order valence-electron chi connectivity index (χ4n) is 1.37. The number of hydrogen-bond donors (Lipinski definition) is 1. The van der Waals surface area contributed by atoms with Gasteiger partial charge in [-0.3, -0.25) is 0 Å². The Morgan fingerprint density at radius 1 is 1.57 bits per heavy atom. The second kappa shape index (κ2) is 5.05. The average Bonchev–Trinajstić information content (AvgIpc) is 2.18. The van der Waals surface area contributed by atoms with Crippen molar-refractivity contribution in [1.82, 2.24) is 4.98 Å². The monoisotopic (exact) mass is 196 g/mol. The van der Waals surface area contributed by atoms with Gasteiger partial charge in [0.25, 0.3) is 0 Å². The second-order valence-corrected chi connectivity index (χ2v) is 3.63. The second-order valence-electron chi connectivity index (χ2n) is 3.63. The predicted octanol–water partition coefficient (Wildman–Crippen LogP) is 2.72. The lowest BCUT2D eigenvalue weighted by molar-refractivity contribution is 0.562. The van der Waals surface area contributed by atoms with Crippen LogP contribution in [0.25, 0.3) is 0 Å². The molecule has 3 heteroatoms. The van der Waals surface area contributed by atoms with Crippen LogP contribution in [0.2, 0.25) is 0 Å². The summed E-state index contributed by atoms with van der Waals surface area (Å²) in [7, 11) is 0. The molecule has 0 aromatic carbocycles. The van der Waals surface area contributed by atoms with Crippen LogP contribution in [-0.4, -0.2) is 4.98 Å². The quantitative estimate of drug-likeness (QED) is 0.752. The molecule has 0 saturated carbocycles. The van der Waals surface area contributed by atoms with Crippen LogP contribution in [0.3, 0.4) is 0 Å². The van der Waals surface area contributed by atoms with E-state index in [4.69, 9.17) is 5.73 Å². The fraction of sp³-hybridized carbons (Fsp3) is 0.545. The lowest BCUT2D eigenvalue weighted by Gasteiger charge is -2.11. The van der Waals surface area contributed by atoms with Crippen LogP contribution in [-0.2, 0) is 0 Å². The molecule has 1 heterocycles. The zero-order chi connectivity index (χ0) is 10.6. The van der Waals surface area contributed by atoms with E-state index in [0.29, 0.717) is 5.56 Å². The first kappa shape index (κ1) is 11.1. The first-order chi connectivity index (χ1) is 6.65. The summed E-state index contributed by atoms with van der Waals surface area (Å²) in [6.07, 6.45) is 4.69. The summed E-state index contributed by atoms with van der Waals surface area (Å²) < 4.78 is 12.9. The van der Waals surface area contributed by atoms with Gasteiger partial charge in [-0.1, -0.05) is 19.8 Å². The topological polar surface area (TPSA) is 38.9 Å². The van der Waals surface area contributed by atoms with E-state index in [1.165, 1.54) is 6.20 Å². The number of unbranched alkanes of at least 4 members (excludes halogenated alkanes) is 1. The Morgan fingerprint density at radius 3 is 2.86 bits per heavy atom. The Labute approximate surface area is 84.3 Å². The minimum atomic E-state index is -0.406. The molecule has 2 nitrogen and oxygen atoms in total. The maximum absolute atomic E-state index is 12.9. The molecule has 0 aliphatic rings. The van der Waals surface area contributed by atoms with Gasteiger partial charge in [0, 0.05) is 17.8 Å². The van der Waals surface area contributed by atoms with Crippen LogP contribution in [0.15, 0.2) is 12.3 Å². The minimum absolute atomic E-state index is 0.0123. The Balaban J connectivity index is 2.70. The van der Waals surface area contributed by atoms with Crippen molar-refractivity contribution in [1.29, 1.82) is 0 Å². The van der Waals surface area contributed by atoms with Crippen LogP contribution in [0, 0.1) is 12.9 Å². The number of rotatable bonds is 4. The van der Waals surface area contributed by atoms with Gasteiger partial charge in [0.2, 0.25) is 5.95 Å². The fourth-order valence-corrected chi connectivity index (χ4v) is 1.37.